The van der Waals surface area contributed by atoms with Crippen LogP contribution in [0.25, 0.3) is 0 Å². The van der Waals surface area contributed by atoms with Crippen molar-refractivity contribution in [1.29, 1.82) is 0 Å². The molecule has 4 nitrogen and oxygen atoms in total. The molecule has 0 heterocycles. The Hall–Kier alpha value is -1.26. The zero-order chi connectivity index (χ0) is 15.9. The van der Waals surface area contributed by atoms with Crippen LogP contribution in [-0.4, -0.2) is 29.3 Å². The Morgan fingerprint density at radius 3 is 2.62 bits per heavy atom. The zero-order valence-corrected chi connectivity index (χ0v) is 13.7. The second kappa shape index (κ2) is 8.25. The summed E-state index contributed by atoms with van der Waals surface area (Å²) in [7, 11) is 0. The third kappa shape index (κ3) is 6.36. The summed E-state index contributed by atoms with van der Waals surface area (Å²) in [5.41, 5.74) is 0.252. The number of aliphatic hydroxyl groups is 1. The average Bonchev–Trinajstić information content (AvgIpc) is 2.44. The molecule has 0 spiro atoms. The highest BCUT2D eigenvalue weighted by atomic mass is 35.5. The van der Waals surface area contributed by atoms with Gasteiger partial charge in [-0.25, -0.2) is 4.79 Å². The van der Waals surface area contributed by atoms with Crippen molar-refractivity contribution < 1.29 is 9.90 Å². The van der Waals surface area contributed by atoms with E-state index < -0.39 is 5.60 Å². The SMILES string of the molecule is CCC(O)(CC)CNC(=O)NC(C)Cc1cccc(Cl)c1. The highest BCUT2D eigenvalue weighted by molar-refractivity contribution is 6.30. The molecule has 5 heteroatoms. The van der Waals surface area contributed by atoms with Crippen LogP contribution in [0.1, 0.15) is 39.2 Å². The van der Waals surface area contributed by atoms with E-state index in [0.29, 0.717) is 24.3 Å². The lowest BCUT2D eigenvalue weighted by Gasteiger charge is -2.26. The van der Waals surface area contributed by atoms with Gasteiger partial charge in [-0.1, -0.05) is 37.6 Å². The Labute approximate surface area is 131 Å². The molecular weight excluding hydrogens is 288 g/mol. The average molecular weight is 313 g/mol. The van der Waals surface area contributed by atoms with Crippen LogP contribution in [0, 0.1) is 0 Å². The van der Waals surface area contributed by atoms with Gasteiger partial charge in [-0.3, -0.25) is 0 Å². The number of hydrogen-bond acceptors (Lipinski definition) is 2. The maximum Gasteiger partial charge on any atom is 0.315 e. The summed E-state index contributed by atoms with van der Waals surface area (Å²) in [4.78, 5) is 11.8. The van der Waals surface area contributed by atoms with Crippen molar-refractivity contribution in [2.45, 2.75) is 51.7 Å². The maximum atomic E-state index is 11.8. The van der Waals surface area contributed by atoms with E-state index in [1.165, 1.54) is 0 Å². The topological polar surface area (TPSA) is 61.4 Å². The number of amides is 2. The van der Waals surface area contributed by atoms with Crippen LogP contribution in [0.2, 0.25) is 5.02 Å². The fourth-order valence-corrected chi connectivity index (χ4v) is 2.30. The molecular formula is C16H25ClN2O2. The van der Waals surface area contributed by atoms with E-state index in [-0.39, 0.29) is 18.6 Å². The molecule has 1 atom stereocenters. The molecule has 0 aliphatic rings. The number of nitrogens with one attached hydrogen (secondary N) is 2. The van der Waals surface area contributed by atoms with Crippen molar-refractivity contribution in [2.24, 2.45) is 0 Å². The van der Waals surface area contributed by atoms with Crippen molar-refractivity contribution in [1.82, 2.24) is 10.6 Å². The molecule has 3 N–H and O–H groups in total. The summed E-state index contributed by atoms with van der Waals surface area (Å²) in [6.45, 7) is 6.01. The van der Waals surface area contributed by atoms with E-state index in [9.17, 15) is 9.90 Å². The van der Waals surface area contributed by atoms with E-state index in [1.807, 2.05) is 45.0 Å². The van der Waals surface area contributed by atoms with E-state index in [1.54, 1.807) is 0 Å². The van der Waals surface area contributed by atoms with Crippen molar-refractivity contribution in [2.75, 3.05) is 6.54 Å². The predicted molar refractivity (Wildman–Crippen MR) is 86.7 cm³/mol. The first-order valence-corrected chi connectivity index (χ1v) is 7.77. The molecule has 1 aromatic rings. The molecule has 1 rings (SSSR count). The number of halogens is 1. The fraction of sp³-hybridized carbons (Fsp3) is 0.562. The molecule has 0 radical (unpaired) electrons. The summed E-state index contributed by atoms with van der Waals surface area (Å²) in [5.74, 6) is 0. The smallest absolute Gasteiger partial charge is 0.315 e. The Bertz CT molecular complexity index is 461. The third-order valence-corrected chi connectivity index (χ3v) is 3.94. The van der Waals surface area contributed by atoms with Crippen LogP contribution in [0.5, 0.6) is 0 Å². The minimum Gasteiger partial charge on any atom is -0.388 e. The van der Waals surface area contributed by atoms with E-state index in [2.05, 4.69) is 10.6 Å². The predicted octanol–water partition coefficient (Wildman–Crippen LogP) is 3.12. The van der Waals surface area contributed by atoms with Gasteiger partial charge in [0.2, 0.25) is 0 Å². The van der Waals surface area contributed by atoms with Gasteiger partial charge in [-0.2, -0.15) is 0 Å². The number of carbonyl (C=O) groups excluding carboxylic acids is 1. The van der Waals surface area contributed by atoms with E-state index >= 15 is 0 Å². The number of rotatable bonds is 7. The van der Waals surface area contributed by atoms with Crippen molar-refractivity contribution in [3.05, 3.63) is 34.9 Å². The van der Waals surface area contributed by atoms with E-state index in [0.717, 1.165) is 5.56 Å². The molecule has 0 fully saturated rings. The highest BCUT2D eigenvalue weighted by Gasteiger charge is 2.22. The van der Waals surface area contributed by atoms with Crippen LogP contribution in [0.3, 0.4) is 0 Å². The molecule has 0 aromatic heterocycles. The number of carbonyl (C=O) groups is 1. The quantitative estimate of drug-likeness (QED) is 0.724. The van der Waals surface area contributed by atoms with Gasteiger partial charge in [0.25, 0.3) is 0 Å². The molecule has 2 amide bonds. The fourth-order valence-electron chi connectivity index (χ4n) is 2.09. The summed E-state index contributed by atoms with van der Waals surface area (Å²) in [6.07, 6.45) is 1.93. The molecule has 118 valence electrons. The molecule has 21 heavy (non-hydrogen) atoms. The third-order valence-electron chi connectivity index (χ3n) is 3.70. The monoisotopic (exact) mass is 312 g/mol. The summed E-state index contributed by atoms with van der Waals surface area (Å²) in [6, 6.07) is 7.32. The van der Waals surface area contributed by atoms with Gasteiger partial charge in [-0.05, 0) is 43.9 Å². The van der Waals surface area contributed by atoms with Crippen LogP contribution in [0.15, 0.2) is 24.3 Å². The Morgan fingerprint density at radius 1 is 1.38 bits per heavy atom. The van der Waals surface area contributed by atoms with Gasteiger partial charge in [0.15, 0.2) is 0 Å². The van der Waals surface area contributed by atoms with Crippen LogP contribution < -0.4 is 10.6 Å². The largest absolute Gasteiger partial charge is 0.388 e. The van der Waals surface area contributed by atoms with Crippen LogP contribution in [-0.2, 0) is 6.42 Å². The molecule has 0 saturated heterocycles. The molecule has 0 aliphatic heterocycles. The first-order chi connectivity index (χ1) is 9.88. The first-order valence-electron chi connectivity index (χ1n) is 7.39. The lowest BCUT2D eigenvalue weighted by atomic mass is 9.98. The standard InChI is InChI=1S/C16H25ClN2O2/c1-4-16(21,5-2)11-18-15(20)19-12(3)9-13-7-6-8-14(17)10-13/h6-8,10,12,21H,4-5,9,11H2,1-3H3,(H2,18,19,20). The second-order valence-corrected chi connectivity index (χ2v) is 5.93. The van der Waals surface area contributed by atoms with Gasteiger partial charge in [-0.15, -0.1) is 0 Å². The molecule has 0 aliphatic carbocycles. The molecule has 1 unspecified atom stereocenters. The van der Waals surface area contributed by atoms with Crippen LogP contribution in [0.4, 0.5) is 4.79 Å². The number of hydrogen-bond donors (Lipinski definition) is 3. The Kier molecular flexibility index (Phi) is 6.99. The maximum absolute atomic E-state index is 11.8. The normalized spacial score (nSPS) is 12.8. The minimum atomic E-state index is -0.826. The Balaban J connectivity index is 2.40. The Morgan fingerprint density at radius 2 is 2.05 bits per heavy atom. The molecule has 0 bridgehead atoms. The lowest BCUT2D eigenvalue weighted by Crippen LogP contribution is -2.48. The summed E-state index contributed by atoms with van der Waals surface area (Å²) < 4.78 is 0. The summed E-state index contributed by atoms with van der Waals surface area (Å²) >= 11 is 5.94. The zero-order valence-electron chi connectivity index (χ0n) is 12.9. The van der Waals surface area contributed by atoms with Crippen molar-refractivity contribution >= 4 is 17.6 Å². The lowest BCUT2D eigenvalue weighted by molar-refractivity contribution is 0.0349. The van der Waals surface area contributed by atoms with Crippen molar-refractivity contribution in [3.8, 4) is 0 Å². The number of urea groups is 1. The minimum absolute atomic E-state index is 0.0141. The van der Waals surface area contributed by atoms with Crippen LogP contribution >= 0.6 is 11.6 Å². The van der Waals surface area contributed by atoms with Gasteiger partial charge >= 0.3 is 6.03 Å². The van der Waals surface area contributed by atoms with Gasteiger partial charge in [0.05, 0.1) is 5.60 Å². The first kappa shape index (κ1) is 17.8. The summed E-state index contributed by atoms with van der Waals surface area (Å²) in [5, 5.41) is 16.4. The second-order valence-electron chi connectivity index (χ2n) is 5.49. The molecule has 0 saturated carbocycles. The highest BCUT2D eigenvalue weighted by Crippen LogP contribution is 2.13. The van der Waals surface area contributed by atoms with Gasteiger partial charge < -0.3 is 15.7 Å². The molecule has 1 aromatic carbocycles. The van der Waals surface area contributed by atoms with E-state index in [4.69, 9.17) is 11.6 Å². The number of benzene rings is 1. The van der Waals surface area contributed by atoms with Gasteiger partial charge in [0, 0.05) is 17.6 Å². The van der Waals surface area contributed by atoms with Crippen molar-refractivity contribution in [3.63, 3.8) is 0 Å². The van der Waals surface area contributed by atoms with Gasteiger partial charge in [0.1, 0.15) is 0 Å².